The van der Waals surface area contributed by atoms with Crippen molar-refractivity contribution in [3.63, 3.8) is 0 Å². The van der Waals surface area contributed by atoms with Gasteiger partial charge in [0, 0.05) is 6.42 Å². The molecular formula is C20H42O4Si2. The Morgan fingerprint density at radius 1 is 0.962 bits per heavy atom. The average Bonchev–Trinajstić information content (AvgIpc) is 2.42. The van der Waals surface area contributed by atoms with Crippen LogP contribution in [-0.4, -0.2) is 41.4 Å². The highest BCUT2D eigenvalue weighted by atomic mass is 28.4. The fourth-order valence-corrected chi connectivity index (χ4v) is 4.84. The standard InChI is InChI=1S/C20H42O4Si2/c1-19(2,3)25(7,8)22-15-17-16(13-11-12-14-18(21)23-17)24-26(9,10)20(4,5)6/h16-17H,11-15H2,1-10H3/t16-,17+/m1/s1. The van der Waals surface area contributed by atoms with Gasteiger partial charge < -0.3 is 13.6 Å². The van der Waals surface area contributed by atoms with E-state index in [2.05, 4.69) is 67.7 Å². The van der Waals surface area contributed by atoms with Crippen LogP contribution < -0.4 is 0 Å². The van der Waals surface area contributed by atoms with Gasteiger partial charge in [-0.25, -0.2) is 0 Å². The van der Waals surface area contributed by atoms with E-state index in [4.69, 9.17) is 13.6 Å². The predicted molar refractivity (Wildman–Crippen MR) is 114 cm³/mol. The minimum atomic E-state index is -1.94. The van der Waals surface area contributed by atoms with Crippen molar-refractivity contribution in [2.24, 2.45) is 0 Å². The summed E-state index contributed by atoms with van der Waals surface area (Å²) in [5.74, 6) is -0.114. The maximum atomic E-state index is 12.2. The van der Waals surface area contributed by atoms with Gasteiger partial charge in [0.2, 0.25) is 0 Å². The second-order valence-corrected chi connectivity index (χ2v) is 20.3. The fourth-order valence-electron chi connectivity index (χ4n) is 2.44. The van der Waals surface area contributed by atoms with Crippen molar-refractivity contribution in [1.29, 1.82) is 0 Å². The van der Waals surface area contributed by atoms with E-state index >= 15 is 0 Å². The van der Waals surface area contributed by atoms with E-state index in [0.717, 1.165) is 19.3 Å². The molecule has 0 N–H and O–H groups in total. The summed E-state index contributed by atoms with van der Waals surface area (Å²) in [6.07, 6.45) is 2.96. The molecule has 154 valence electrons. The van der Waals surface area contributed by atoms with Gasteiger partial charge in [-0.1, -0.05) is 48.0 Å². The first-order valence-electron chi connectivity index (χ1n) is 10.1. The van der Waals surface area contributed by atoms with Crippen molar-refractivity contribution in [3.8, 4) is 0 Å². The molecule has 0 aliphatic carbocycles. The molecule has 1 aliphatic rings. The van der Waals surface area contributed by atoms with Crippen molar-refractivity contribution >= 4 is 22.6 Å². The summed E-state index contributed by atoms with van der Waals surface area (Å²) >= 11 is 0. The van der Waals surface area contributed by atoms with Crippen molar-refractivity contribution in [2.45, 2.75) is 116 Å². The summed E-state index contributed by atoms with van der Waals surface area (Å²) in [7, 11) is -3.84. The first kappa shape index (κ1) is 23.9. The Balaban J connectivity index is 2.96. The minimum absolute atomic E-state index is 0.0649. The Bertz CT molecular complexity index is 475. The Kier molecular flexibility index (Phi) is 7.76. The van der Waals surface area contributed by atoms with Gasteiger partial charge in [0.05, 0.1) is 12.7 Å². The van der Waals surface area contributed by atoms with Crippen LogP contribution in [0.3, 0.4) is 0 Å². The third kappa shape index (κ3) is 6.46. The first-order chi connectivity index (χ1) is 11.6. The van der Waals surface area contributed by atoms with Gasteiger partial charge in [0.15, 0.2) is 16.6 Å². The highest BCUT2D eigenvalue weighted by Crippen LogP contribution is 2.40. The van der Waals surface area contributed by atoms with Gasteiger partial charge in [-0.2, -0.15) is 0 Å². The fraction of sp³-hybridized carbons (Fsp3) is 0.950. The zero-order chi connectivity index (χ0) is 20.4. The van der Waals surface area contributed by atoms with E-state index in [1.165, 1.54) is 0 Å². The molecule has 26 heavy (non-hydrogen) atoms. The summed E-state index contributed by atoms with van der Waals surface area (Å²) in [5, 5.41) is 0.263. The number of esters is 1. The molecule has 0 spiro atoms. The monoisotopic (exact) mass is 402 g/mol. The molecule has 0 saturated carbocycles. The van der Waals surface area contributed by atoms with Crippen LogP contribution in [0.1, 0.15) is 67.2 Å². The van der Waals surface area contributed by atoms with Crippen molar-refractivity contribution in [1.82, 2.24) is 0 Å². The second kappa shape index (κ2) is 8.45. The third-order valence-corrected chi connectivity index (χ3v) is 15.5. The second-order valence-electron chi connectivity index (χ2n) is 10.8. The zero-order valence-electron chi connectivity index (χ0n) is 18.8. The summed E-state index contributed by atoms with van der Waals surface area (Å²) in [4.78, 5) is 12.2. The van der Waals surface area contributed by atoms with Crippen LogP contribution in [0.25, 0.3) is 0 Å². The largest absolute Gasteiger partial charge is 0.457 e. The van der Waals surface area contributed by atoms with Crippen molar-refractivity contribution in [2.75, 3.05) is 6.61 Å². The van der Waals surface area contributed by atoms with E-state index in [-0.39, 0.29) is 28.3 Å². The summed E-state index contributed by atoms with van der Waals surface area (Å²) in [6.45, 7) is 22.9. The molecule has 1 aliphatic heterocycles. The molecule has 0 radical (unpaired) electrons. The molecule has 1 heterocycles. The number of cyclic esters (lactones) is 1. The van der Waals surface area contributed by atoms with Crippen LogP contribution in [0.15, 0.2) is 0 Å². The average molecular weight is 403 g/mol. The van der Waals surface area contributed by atoms with Crippen LogP contribution in [0.2, 0.25) is 36.3 Å². The maximum absolute atomic E-state index is 12.2. The summed E-state index contributed by atoms with van der Waals surface area (Å²) in [5.41, 5.74) is 0. The van der Waals surface area contributed by atoms with Gasteiger partial charge in [0.25, 0.3) is 0 Å². The lowest BCUT2D eigenvalue weighted by molar-refractivity contribution is -0.159. The third-order valence-electron chi connectivity index (χ3n) is 6.48. The molecule has 0 aromatic rings. The van der Waals surface area contributed by atoms with E-state index < -0.39 is 16.6 Å². The minimum Gasteiger partial charge on any atom is -0.457 e. The zero-order valence-corrected chi connectivity index (χ0v) is 20.8. The Morgan fingerprint density at radius 3 is 2.00 bits per heavy atom. The number of hydrogen-bond donors (Lipinski definition) is 0. The molecule has 0 aromatic heterocycles. The van der Waals surface area contributed by atoms with Crippen LogP contribution in [0, 0.1) is 0 Å². The Morgan fingerprint density at radius 2 is 1.50 bits per heavy atom. The molecule has 0 aromatic carbocycles. The number of rotatable bonds is 5. The molecule has 0 unspecified atom stereocenters. The normalized spacial score (nSPS) is 24.0. The number of hydrogen-bond acceptors (Lipinski definition) is 4. The first-order valence-corrected chi connectivity index (χ1v) is 15.9. The highest BCUT2D eigenvalue weighted by molar-refractivity contribution is 6.74. The van der Waals surface area contributed by atoms with Gasteiger partial charge in [0.1, 0.15) is 6.10 Å². The van der Waals surface area contributed by atoms with E-state index in [9.17, 15) is 4.79 Å². The molecule has 4 nitrogen and oxygen atoms in total. The topological polar surface area (TPSA) is 44.8 Å². The smallest absolute Gasteiger partial charge is 0.306 e. The predicted octanol–water partition coefficient (Wildman–Crippen LogP) is 5.88. The van der Waals surface area contributed by atoms with E-state index in [1.807, 2.05) is 0 Å². The number of carbonyl (C=O) groups is 1. The van der Waals surface area contributed by atoms with Gasteiger partial charge in [-0.05, 0) is 49.1 Å². The summed E-state index contributed by atoms with van der Waals surface area (Å²) < 4.78 is 18.9. The van der Waals surface area contributed by atoms with Gasteiger partial charge in [-0.15, -0.1) is 0 Å². The lowest BCUT2D eigenvalue weighted by Gasteiger charge is -2.43. The van der Waals surface area contributed by atoms with Crippen molar-refractivity contribution < 1.29 is 18.4 Å². The van der Waals surface area contributed by atoms with E-state index in [1.54, 1.807) is 0 Å². The Hall–Kier alpha value is -0.176. The molecule has 2 atom stereocenters. The lowest BCUT2D eigenvalue weighted by Crippen LogP contribution is -2.51. The van der Waals surface area contributed by atoms with Crippen LogP contribution in [0.5, 0.6) is 0 Å². The van der Waals surface area contributed by atoms with Gasteiger partial charge >= 0.3 is 5.97 Å². The number of carbonyl (C=O) groups excluding carboxylic acids is 1. The van der Waals surface area contributed by atoms with Crippen LogP contribution in [-0.2, 0) is 18.4 Å². The molecule has 6 heteroatoms. The molecule has 0 bridgehead atoms. The van der Waals surface area contributed by atoms with Gasteiger partial charge in [-0.3, -0.25) is 4.79 Å². The maximum Gasteiger partial charge on any atom is 0.306 e. The molecule has 1 fully saturated rings. The summed E-state index contributed by atoms with van der Waals surface area (Å²) in [6, 6.07) is 0. The van der Waals surface area contributed by atoms with Crippen LogP contribution in [0.4, 0.5) is 0 Å². The SMILES string of the molecule is CC(C)(C)[Si](C)(C)OC[C@@H]1OC(=O)CCCC[C@H]1O[Si](C)(C)C(C)(C)C. The molecule has 1 rings (SSSR count). The van der Waals surface area contributed by atoms with Crippen LogP contribution >= 0.6 is 0 Å². The molecule has 1 saturated heterocycles. The molecule has 0 amide bonds. The van der Waals surface area contributed by atoms with E-state index in [0.29, 0.717) is 13.0 Å². The number of ether oxygens (including phenoxy) is 1. The quantitative estimate of drug-likeness (QED) is 0.425. The molecular weight excluding hydrogens is 360 g/mol. The van der Waals surface area contributed by atoms with Crippen molar-refractivity contribution in [3.05, 3.63) is 0 Å². The highest BCUT2D eigenvalue weighted by Gasteiger charge is 2.43. The lowest BCUT2D eigenvalue weighted by atomic mass is 10.0. The Labute approximate surface area is 163 Å².